The van der Waals surface area contributed by atoms with Crippen LogP contribution in [0.25, 0.3) is 0 Å². The fourth-order valence-electron chi connectivity index (χ4n) is 4.34. The lowest BCUT2D eigenvalue weighted by molar-refractivity contribution is -0.147. The molecular weight excluding hydrogens is 436 g/mol. The minimum Gasteiger partial charge on any atom is -0.444 e. The van der Waals surface area contributed by atoms with Crippen molar-refractivity contribution in [2.24, 2.45) is 11.3 Å². The van der Waals surface area contributed by atoms with E-state index in [0.717, 1.165) is 18.4 Å². The largest absolute Gasteiger partial charge is 0.444 e. The number of piperidine rings is 1. The number of carbonyl (C=O) groups excluding carboxylic acids is 3. The van der Waals surface area contributed by atoms with E-state index in [-0.39, 0.29) is 18.6 Å². The maximum atomic E-state index is 13.1. The number of carbonyl (C=O) groups is 3. The number of esters is 1. The van der Waals surface area contributed by atoms with Crippen molar-refractivity contribution in [2.45, 2.75) is 85.3 Å². The Hall–Kier alpha value is -2.77. The van der Waals surface area contributed by atoms with Crippen LogP contribution in [0.5, 0.6) is 0 Å². The predicted octanol–water partition coefficient (Wildman–Crippen LogP) is 4.96. The molecule has 0 spiro atoms. The molecule has 0 aliphatic carbocycles. The number of benzene rings is 1. The molecule has 0 radical (unpaired) electrons. The van der Waals surface area contributed by atoms with E-state index in [0.29, 0.717) is 19.5 Å². The molecule has 2 amide bonds. The second kappa shape index (κ2) is 10.2. The Kier molecular flexibility index (Phi) is 7.78. The monoisotopic (exact) mass is 474 g/mol. The summed E-state index contributed by atoms with van der Waals surface area (Å²) >= 11 is 0. The van der Waals surface area contributed by atoms with Crippen LogP contribution in [0.15, 0.2) is 30.3 Å². The number of rotatable bonds is 4. The van der Waals surface area contributed by atoms with Crippen LogP contribution in [-0.4, -0.2) is 58.9 Å². The van der Waals surface area contributed by atoms with Gasteiger partial charge < -0.3 is 19.1 Å². The quantitative estimate of drug-likeness (QED) is 0.453. The highest BCUT2D eigenvalue weighted by atomic mass is 16.6. The Morgan fingerprint density at radius 3 is 2.18 bits per heavy atom. The molecule has 2 saturated heterocycles. The number of hydrogen-bond donors (Lipinski definition) is 0. The number of amides is 2. The van der Waals surface area contributed by atoms with Gasteiger partial charge in [0.15, 0.2) is 6.23 Å². The Labute approximate surface area is 202 Å². The summed E-state index contributed by atoms with van der Waals surface area (Å²) in [5, 5.41) is 0. The van der Waals surface area contributed by atoms with E-state index in [9.17, 15) is 14.4 Å². The van der Waals surface area contributed by atoms with E-state index in [1.165, 1.54) is 4.90 Å². The first-order valence-corrected chi connectivity index (χ1v) is 12.0. The molecule has 2 aliphatic rings. The lowest BCUT2D eigenvalue weighted by Crippen LogP contribution is -2.49. The third-order valence-electron chi connectivity index (χ3n) is 6.07. The molecular formula is C26H38N2O6. The highest BCUT2D eigenvalue weighted by molar-refractivity contribution is 5.84. The van der Waals surface area contributed by atoms with Gasteiger partial charge in [-0.15, -0.1) is 0 Å². The zero-order valence-electron chi connectivity index (χ0n) is 21.2. The van der Waals surface area contributed by atoms with Gasteiger partial charge in [-0.3, -0.25) is 4.90 Å². The molecule has 2 heterocycles. The molecule has 1 aromatic carbocycles. The Morgan fingerprint density at radius 2 is 1.62 bits per heavy atom. The van der Waals surface area contributed by atoms with Crippen molar-refractivity contribution in [1.29, 1.82) is 0 Å². The first kappa shape index (κ1) is 25.8. The predicted molar refractivity (Wildman–Crippen MR) is 127 cm³/mol. The third-order valence-corrected chi connectivity index (χ3v) is 6.07. The van der Waals surface area contributed by atoms with Gasteiger partial charge in [0.05, 0.1) is 0 Å². The van der Waals surface area contributed by atoms with Gasteiger partial charge in [-0.05, 0) is 51.5 Å². The average Bonchev–Trinajstić information content (AvgIpc) is 3.09. The highest BCUT2D eigenvalue weighted by Crippen LogP contribution is 2.36. The van der Waals surface area contributed by atoms with Crippen LogP contribution < -0.4 is 0 Å². The maximum absolute atomic E-state index is 13.1. The Balaban J connectivity index is 1.65. The summed E-state index contributed by atoms with van der Waals surface area (Å²) in [6.07, 6.45) is 0.381. The second-order valence-corrected chi connectivity index (χ2v) is 11.3. The van der Waals surface area contributed by atoms with E-state index >= 15 is 0 Å². The van der Waals surface area contributed by atoms with E-state index in [4.69, 9.17) is 14.2 Å². The number of cyclic esters (lactones) is 1. The normalized spacial score (nSPS) is 21.9. The fourth-order valence-corrected chi connectivity index (χ4v) is 4.34. The minimum absolute atomic E-state index is 0.127. The first-order valence-electron chi connectivity index (χ1n) is 12.0. The third kappa shape index (κ3) is 6.64. The standard InChI is InChI=1S/C26H38N2O6/c1-25(2,3)22-28(24(31)32-17-19-10-8-7-9-11-19)20(21(29)33-22)16-18-12-14-27(15-13-18)23(30)34-26(4,5)6/h7-11,18,20,22H,12-17H2,1-6H3/t20?,22-/m0/s1. The highest BCUT2D eigenvalue weighted by Gasteiger charge is 2.51. The lowest BCUT2D eigenvalue weighted by Gasteiger charge is -2.36. The molecule has 3 rings (SSSR count). The average molecular weight is 475 g/mol. The smallest absolute Gasteiger partial charge is 0.413 e. The zero-order chi connectivity index (χ0) is 25.1. The second-order valence-electron chi connectivity index (χ2n) is 11.3. The van der Waals surface area contributed by atoms with Gasteiger partial charge in [-0.25, -0.2) is 14.4 Å². The summed E-state index contributed by atoms with van der Waals surface area (Å²) < 4.78 is 16.7. The van der Waals surface area contributed by atoms with E-state index in [1.807, 2.05) is 71.9 Å². The van der Waals surface area contributed by atoms with Crippen molar-refractivity contribution in [3.63, 3.8) is 0 Å². The number of likely N-dealkylation sites (tertiary alicyclic amines) is 1. The van der Waals surface area contributed by atoms with E-state index in [2.05, 4.69) is 0 Å². The molecule has 8 nitrogen and oxygen atoms in total. The van der Waals surface area contributed by atoms with Crippen LogP contribution in [0.1, 0.15) is 66.4 Å². The molecule has 0 bridgehead atoms. The number of ether oxygens (including phenoxy) is 3. The summed E-state index contributed by atoms with van der Waals surface area (Å²) in [7, 11) is 0. The summed E-state index contributed by atoms with van der Waals surface area (Å²) in [5.41, 5.74) is -0.124. The molecule has 2 atom stereocenters. The van der Waals surface area contributed by atoms with Crippen LogP contribution >= 0.6 is 0 Å². The minimum atomic E-state index is -0.703. The van der Waals surface area contributed by atoms with Crippen molar-refractivity contribution in [2.75, 3.05) is 13.1 Å². The van der Waals surface area contributed by atoms with Crippen LogP contribution in [0, 0.1) is 11.3 Å². The van der Waals surface area contributed by atoms with Gasteiger partial charge in [-0.1, -0.05) is 51.1 Å². The molecule has 2 aliphatic heterocycles. The molecule has 188 valence electrons. The van der Waals surface area contributed by atoms with Crippen molar-refractivity contribution in [3.05, 3.63) is 35.9 Å². The zero-order valence-corrected chi connectivity index (χ0v) is 21.2. The van der Waals surface area contributed by atoms with Gasteiger partial charge in [0.1, 0.15) is 18.2 Å². The van der Waals surface area contributed by atoms with Crippen LogP contribution in [0.2, 0.25) is 0 Å². The molecule has 1 aromatic rings. The fraction of sp³-hybridized carbons (Fsp3) is 0.654. The summed E-state index contributed by atoms with van der Waals surface area (Å²) in [4.78, 5) is 41.6. The Bertz CT molecular complexity index is 866. The lowest BCUT2D eigenvalue weighted by atomic mass is 9.89. The molecule has 0 N–H and O–H groups in total. The maximum Gasteiger partial charge on any atom is 0.413 e. The van der Waals surface area contributed by atoms with Crippen molar-refractivity contribution in [3.8, 4) is 0 Å². The van der Waals surface area contributed by atoms with E-state index < -0.39 is 35.3 Å². The van der Waals surface area contributed by atoms with E-state index in [1.54, 1.807) is 4.90 Å². The summed E-state index contributed by atoms with van der Waals surface area (Å²) in [6.45, 7) is 12.6. The van der Waals surface area contributed by atoms with Gasteiger partial charge in [-0.2, -0.15) is 0 Å². The number of hydrogen-bond acceptors (Lipinski definition) is 6. The van der Waals surface area contributed by atoms with Crippen molar-refractivity contribution in [1.82, 2.24) is 9.80 Å². The van der Waals surface area contributed by atoms with Gasteiger partial charge >= 0.3 is 18.2 Å². The van der Waals surface area contributed by atoms with Gasteiger partial charge in [0.25, 0.3) is 0 Å². The van der Waals surface area contributed by atoms with Crippen LogP contribution in [0.4, 0.5) is 9.59 Å². The van der Waals surface area contributed by atoms with Crippen molar-refractivity contribution >= 4 is 18.2 Å². The topological polar surface area (TPSA) is 85.4 Å². The summed E-state index contributed by atoms with van der Waals surface area (Å²) in [5.74, 6) is -0.217. The van der Waals surface area contributed by atoms with Gasteiger partial charge in [0, 0.05) is 18.5 Å². The molecule has 2 fully saturated rings. The van der Waals surface area contributed by atoms with Crippen LogP contribution in [-0.2, 0) is 25.6 Å². The molecule has 1 unspecified atom stereocenters. The SMILES string of the molecule is CC(C)(C)OC(=O)N1CCC(CC2C(=O)O[C@@H](C(C)(C)C)N2C(=O)OCc2ccccc2)CC1. The van der Waals surface area contributed by atoms with Crippen molar-refractivity contribution < 1.29 is 28.6 Å². The Morgan fingerprint density at radius 1 is 1.00 bits per heavy atom. The molecule has 0 aromatic heterocycles. The first-order chi connectivity index (χ1) is 15.8. The van der Waals surface area contributed by atoms with Gasteiger partial charge in [0.2, 0.25) is 0 Å². The summed E-state index contributed by atoms with van der Waals surface area (Å²) in [6, 6.07) is 8.74. The molecule has 34 heavy (non-hydrogen) atoms. The van der Waals surface area contributed by atoms with Crippen LogP contribution in [0.3, 0.4) is 0 Å². The molecule has 0 saturated carbocycles. The molecule has 8 heteroatoms. The number of nitrogens with zero attached hydrogens (tertiary/aromatic N) is 2.